The standard InChI is InChI=1S/C12H25N3O4/c1-10(19-3)4-5-12(16)15(8-9-18-2)7-6-11(13)14-17/h10,17H,4-9H2,1-3H3,(H2,13,14). The number of carbonyl (C=O) groups excluding carboxylic acids is 1. The van der Waals surface area contributed by atoms with Gasteiger partial charge in [-0.05, 0) is 13.3 Å². The monoisotopic (exact) mass is 275 g/mol. The molecule has 0 radical (unpaired) electrons. The number of rotatable bonds is 10. The zero-order valence-corrected chi connectivity index (χ0v) is 12.0. The number of nitrogens with zero attached hydrogens (tertiary/aromatic N) is 2. The molecule has 0 fully saturated rings. The molecule has 7 heteroatoms. The van der Waals surface area contributed by atoms with Gasteiger partial charge in [0.05, 0.1) is 12.7 Å². The van der Waals surface area contributed by atoms with Gasteiger partial charge in [0, 0.05) is 40.2 Å². The van der Waals surface area contributed by atoms with Crippen LogP contribution in [0.1, 0.15) is 26.2 Å². The highest BCUT2D eigenvalue weighted by Gasteiger charge is 2.14. The quantitative estimate of drug-likeness (QED) is 0.260. The number of methoxy groups -OCH3 is 2. The van der Waals surface area contributed by atoms with E-state index in [9.17, 15) is 4.79 Å². The van der Waals surface area contributed by atoms with Gasteiger partial charge in [-0.15, -0.1) is 0 Å². The van der Waals surface area contributed by atoms with E-state index in [4.69, 9.17) is 20.4 Å². The molecule has 0 rings (SSSR count). The third-order valence-electron chi connectivity index (χ3n) is 2.85. The predicted octanol–water partition coefficient (Wildman–Crippen LogP) is 0.413. The SMILES string of the molecule is COCCN(CCC(N)=NO)C(=O)CCC(C)OC. The number of ether oxygens (including phenoxy) is 2. The summed E-state index contributed by atoms with van der Waals surface area (Å²) >= 11 is 0. The summed E-state index contributed by atoms with van der Waals surface area (Å²) in [6, 6.07) is 0. The predicted molar refractivity (Wildman–Crippen MR) is 72.2 cm³/mol. The van der Waals surface area contributed by atoms with Crippen molar-refractivity contribution in [3.63, 3.8) is 0 Å². The van der Waals surface area contributed by atoms with E-state index in [1.165, 1.54) is 0 Å². The second-order valence-corrected chi connectivity index (χ2v) is 4.30. The molecule has 0 bridgehead atoms. The van der Waals surface area contributed by atoms with Crippen LogP contribution in [0.4, 0.5) is 0 Å². The van der Waals surface area contributed by atoms with Gasteiger partial charge in [-0.2, -0.15) is 0 Å². The Labute approximate surface area is 114 Å². The lowest BCUT2D eigenvalue weighted by Crippen LogP contribution is -2.36. The van der Waals surface area contributed by atoms with Crippen LogP contribution in [-0.4, -0.2) is 61.9 Å². The Hall–Kier alpha value is -1.34. The lowest BCUT2D eigenvalue weighted by molar-refractivity contribution is -0.132. The van der Waals surface area contributed by atoms with E-state index in [1.54, 1.807) is 19.1 Å². The fourth-order valence-corrected chi connectivity index (χ4v) is 1.46. The molecule has 1 amide bonds. The summed E-state index contributed by atoms with van der Waals surface area (Å²) in [7, 11) is 3.20. The summed E-state index contributed by atoms with van der Waals surface area (Å²) in [6.07, 6.45) is 1.47. The minimum atomic E-state index is 0.0201. The van der Waals surface area contributed by atoms with E-state index in [-0.39, 0.29) is 17.8 Å². The van der Waals surface area contributed by atoms with Gasteiger partial charge in [0.2, 0.25) is 5.91 Å². The molecule has 0 saturated carbocycles. The van der Waals surface area contributed by atoms with Crippen molar-refractivity contribution in [3.8, 4) is 0 Å². The van der Waals surface area contributed by atoms with Crippen molar-refractivity contribution in [2.75, 3.05) is 33.9 Å². The Bertz CT molecular complexity index is 284. The zero-order valence-electron chi connectivity index (χ0n) is 12.0. The maximum absolute atomic E-state index is 12.0. The molecule has 0 aromatic rings. The van der Waals surface area contributed by atoms with E-state index in [2.05, 4.69) is 5.16 Å². The molecule has 7 nitrogen and oxygen atoms in total. The first kappa shape index (κ1) is 17.7. The van der Waals surface area contributed by atoms with Crippen LogP contribution < -0.4 is 5.73 Å². The van der Waals surface area contributed by atoms with E-state index in [0.717, 1.165) is 0 Å². The second-order valence-electron chi connectivity index (χ2n) is 4.30. The van der Waals surface area contributed by atoms with Crippen molar-refractivity contribution >= 4 is 11.7 Å². The maximum atomic E-state index is 12.0. The molecule has 0 heterocycles. The topological polar surface area (TPSA) is 97.4 Å². The third-order valence-corrected chi connectivity index (χ3v) is 2.85. The summed E-state index contributed by atoms with van der Waals surface area (Å²) in [6.45, 7) is 3.29. The molecular weight excluding hydrogens is 250 g/mol. The molecule has 112 valence electrons. The Kier molecular flexibility index (Phi) is 9.82. The van der Waals surface area contributed by atoms with Gasteiger partial charge in [-0.1, -0.05) is 5.16 Å². The highest BCUT2D eigenvalue weighted by molar-refractivity contribution is 5.81. The van der Waals surface area contributed by atoms with Crippen molar-refractivity contribution in [2.45, 2.75) is 32.3 Å². The Morgan fingerprint density at radius 3 is 2.58 bits per heavy atom. The minimum Gasteiger partial charge on any atom is -0.409 e. The smallest absolute Gasteiger partial charge is 0.222 e. The van der Waals surface area contributed by atoms with E-state index in [0.29, 0.717) is 39.0 Å². The lowest BCUT2D eigenvalue weighted by Gasteiger charge is -2.22. The highest BCUT2D eigenvalue weighted by atomic mass is 16.5. The van der Waals surface area contributed by atoms with Crippen LogP contribution in [0.2, 0.25) is 0 Å². The van der Waals surface area contributed by atoms with Crippen LogP contribution in [-0.2, 0) is 14.3 Å². The van der Waals surface area contributed by atoms with Crippen LogP contribution in [0.5, 0.6) is 0 Å². The molecule has 19 heavy (non-hydrogen) atoms. The molecule has 1 unspecified atom stereocenters. The van der Waals surface area contributed by atoms with E-state index < -0.39 is 0 Å². The van der Waals surface area contributed by atoms with Crippen LogP contribution in [0.25, 0.3) is 0 Å². The summed E-state index contributed by atoms with van der Waals surface area (Å²) in [4.78, 5) is 13.7. The molecule has 0 saturated heterocycles. The number of hydrogen-bond donors (Lipinski definition) is 2. The zero-order chi connectivity index (χ0) is 14.7. The Balaban J connectivity index is 4.26. The van der Waals surface area contributed by atoms with Crippen molar-refractivity contribution in [2.24, 2.45) is 10.9 Å². The molecular formula is C12H25N3O4. The lowest BCUT2D eigenvalue weighted by atomic mass is 10.2. The first-order chi connectivity index (χ1) is 9.04. The largest absolute Gasteiger partial charge is 0.409 e. The maximum Gasteiger partial charge on any atom is 0.222 e. The first-order valence-electron chi connectivity index (χ1n) is 6.31. The first-order valence-corrected chi connectivity index (χ1v) is 6.31. The second kappa shape index (κ2) is 10.6. The molecule has 0 spiro atoms. The fraction of sp³-hybridized carbons (Fsp3) is 0.833. The molecule has 0 aliphatic heterocycles. The molecule has 0 aromatic heterocycles. The van der Waals surface area contributed by atoms with E-state index >= 15 is 0 Å². The van der Waals surface area contributed by atoms with Crippen molar-refractivity contribution in [1.82, 2.24) is 4.90 Å². The van der Waals surface area contributed by atoms with Crippen molar-refractivity contribution in [3.05, 3.63) is 0 Å². The van der Waals surface area contributed by atoms with Gasteiger partial charge in [0.15, 0.2) is 0 Å². The van der Waals surface area contributed by atoms with Gasteiger partial charge >= 0.3 is 0 Å². The summed E-state index contributed by atoms with van der Waals surface area (Å²) in [5.41, 5.74) is 5.40. The number of amides is 1. The van der Waals surface area contributed by atoms with Crippen LogP contribution >= 0.6 is 0 Å². The number of amidine groups is 1. The average molecular weight is 275 g/mol. The fourth-order valence-electron chi connectivity index (χ4n) is 1.46. The summed E-state index contributed by atoms with van der Waals surface area (Å²) in [5, 5.41) is 11.4. The summed E-state index contributed by atoms with van der Waals surface area (Å²) < 4.78 is 10.1. The van der Waals surface area contributed by atoms with Gasteiger partial charge in [-0.25, -0.2) is 0 Å². The highest BCUT2D eigenvalue weighted by Crippen LogP contribution is 2.05. The number of oxime groups is 1. The molecule has 3 N–H and O–H groups in total. The number of nitrogens with two attached hydrogens (primary N) is 1. The van der Waals surface area contributed by atoms with Crippen LogP contribution in [0.15, 0.2) is 5.16 Å². The van der Waals surface area contributed by atoms with Crippen molar-refractivity contribution < 1.29 is 19.5 Å². The average Bonchev–Trinajstić information content (AvgIpc) is 2.43. The van der Waals surface area contributed by atoms with Gasteiger partial charge in [0.1, 0.15) is 5.84 Å². The molecule has 0 aliphatic rings. The normalized spacial score (nSPS) is 13.3. The molecule has 0 aromatic carbocycles. The van der Waals surface area contributed by atoms with Crippen LogP contribution in [0.3, 0.4) is 0 Å². The minimum absolute atomic E-state index is 0.0201. The van der Waals surface area contributed by atoms with Gasteiger partial charge in [-0.3, -0.25) is 4.79 Å². The third kappa shape index (κ3) is 8.39. The van der Waals surface area contributed by atoms with Gasteiger partial charge < -0.3 is 25.3 Å². The number of hydrogen-bond acceptors (Lipinski definition) is 5. The van der Waals surface area contributed by atoms with E-state index in [1.807, 2.05) is 6.92 Å². The number of carbonyl (C=O) groups is 1. The van der Waals surface area contributed by atoms with Gasteiger partial charge in [0.25, 0.3) is 0 Å². The Morgan fingerprint density at radius 2 is 2.05 bits per heavy atom. The molecule has 1 atom stereocenters. The van der Waals surface area contributed by atoms with Crippen molar-refractivity contribution in [1.29, 1.82) is 0 Å². The Morgan fingerprint density at radius 1 is 1.37 bits per heavy atom. The summed E-state index contributed by atoms with van der Waals surface area (Å²) in [5.74, 6) is 0.132. The molecule has 0 aliphatic carbocycles. The van der Waals surface area contributed by atoms with Crippen LogP contribution in [0, 0.1) is 0 Å².